The molecule has 1 atom stereocenters. The van der Waals surface area contributed by atoms with Gasteiger partial charge in [-0.05, 0) is 70.6 Å². The third-order valence-corrected chi connectivity index (χ3v) is 10.6. The fourth-order valence-electron chi connectivity index (χ4n) is 7.29. The summed E-state index contributed by atoms with van der Waals surface area (Å²) in [6.07, 6.45) is 42.2. The second kappa shape index (κ2) is 36.8. The Balaban J connectivity index is 0. The minimum atomic E-state index is -1.49. The Morgan fingerprint density at radius 1 is 0.519 bits per heavy atom. The maximum absolute atomic E-state index is 13.8. The van der Waals surface area contributed by atoms with E-state index in [2.05, 4.69) is 38.2 Å². The van der Waals surface area contributed by atoms with Gasteiger partial charge in [0.2, 0.25) is 0 Å². The van der Waals surface area contributed by atoms with Gasteiger partial charge in [0, 0.05) is 13.0 Å². The number of nitrogens with zero attached hydrogens (tertiary/aromatic N) is 2. The lowest BCUT2D eigenvalue weighted by molar-refractivity contribution is -0.862. The molecule has 0 bridgehead atoms. The average Bonchev–Trinajstić information content (AvgIpc) is 3.10. The SMILES string of the molecule is CCCCCCCC/C=C\CCCCCCCCN(C(=O)C[N+](C)(C)C)[C@](CCCCCCCC/C=C\CCCCCCCC)(CCC(=O)O)C(=O)O.[Cl-]. The van der Waals surface area contributed by atoms with Gasteiger partial charge in [0.15, 0.2) is 6.54 Å². The third-order valence-electron chi connectivity index (χ3n) is 10.6. The molecule has 0 rings (SSSR count). The predicted molar refractivity (Wildman–Crippen MR) is 225 cm³/mol. The summed E-state index contributed by atoms with van der Waals surface area (Å²) in [5, 5.41) is 20.3. The Hall–Kier alpha value is -1.86. The quantitative estimate of drug-likeness (QED) is 0.0368. The van der Waals surface area contributed by atoms with Crippen LogP contribution in [0.3, 0.4) is 0 Å². The van der Waals surface area contributed by atoms with E-state index >= 15 is 0 Å². The number of rotatable bonds is 39. The number of allylic oxidation sites excluding steroid dienone is 4. The number of aliphatic carboxylic acids is 2. The minimum absolute atomic E-state index is 0. The van der Waals surface area contributed by atoms with Crippen LogP contribution >= 0.6 is 0 Å². The smallest absolute Gasteiger partial charge is 0.329 e. The normalized spacial score (nSPS) is 13.0. The number of carboxylic acids is 2. The van der Waals surface area contributed by atoms with Crippen molar-refractivity contribution >= 4 is 17.8 Å². The maximum atomic E-state index is 13.8. The van der Waals surface area contributed by atoms with Crippen LogP contribution in [0.2, 0.25) is 0 Å². The average molecular weight is 784 g/mol. The highest BCUT2D eigenvalue weighted by molar-refractivity contribution is 5.88. The Bertz CT molecular complexity index is 963. The molecular weight excluding hydrogens is 696 g/mol. The lowest BCUT2D eigenvalue weighted by Crippen LogP contribution is -3.00. The molecule has 8 heteroatoms. The summed E-state index contributed by atoms with van der Waals surface area (Å²) in [5.74, 6) is -2.28. The van der Waals surface area contributed by atoms with Crippen molar-refractivity contribution in [1.29, 1.82) is 0 Å². The molecule has 0 unspecified atom stereocenters. The van der Waals surface area contributed by atoms with Gasteiger partial charge in [-0.25, -0.2) is 4.79 Å². The fourth-order valence-corrected chi connectivity index (χ4v) is 7.29. The number of hydrogen-bond donors (Lipinski definition) is 2. The molecule has 0 aromatic carbocycles. The molecule has 0 heterocycles. The molecule has 54 heavy (non-hydrogen) atoms. The second-order valence-electron chi connectivity index (χ2n) is 16.8. The first-order chi connectivity index (χ1) is 25.5. The first kappa shape index (κ1) is 54.2. The van der Waals surface area contributed by atoms with Crippen molar-refractivity contribution in [3.8, 4) is 0 Å². The van der Waals surface area contributed by atoms with Crippen molar-refractivity contribution in [2.24, 2.45) is 0 Å². The number of carbonyl (C=O) groups is 3. The molecule has 0 radical (unpaired) electrons. The molecule has 318 valence electrons. The predicted octanol–water partition coefficient (Wildman–Crippen LogP) is 9.68. The van der Waals surface area contributed by atoms with Crippen LogP contribution in [0, 0.1) is 0 Å². The van der Waals surface area contributed by atoms with Crippen LogP contribution in [0.4, 0.5) is 0 Å². The topological polar surface area (TPSA) is 94.9 Å². The van der Waals surface area contributed by atoms with Gasteiger partial charge in [-0.1, -0.05) is 160 Å². The van der Waals surface area contributed by atoms with Crippen molar-refractivity contribution < 1.29 is 41.5 Å². The Labute approximate surface area is 340 Å². The molecule has 1 amide bonds. The molecule has 0 aliphatic carbocycles. The van der Waals surface area contributed by atoms with Gasteiger partial charge in [-0.15, -0.1) is 0 Å². The number of amides is 1. The van der Waals surface area contributed by atoms with E-state index in [1.54, 1.807) is 4.90 Å². The number of carbonyl (C=O) groups excluding carboxylic acids is 1. The van der Waals surface area contributed by atoms with E-state index in [-0.39, 0.29) is 37.7 Å². The van der Waals surface area contributed by atoms with Gasteiger partial charge < -0.3 is 32.0 Å². The number of hydrogen-bond acceptors (Lipinski definition) is 3. The summed E-state index contributed by atoms with van der Waals surface area (Å²) in [7, 11) is 5.81. The van der Waals surface area contributed by atoms with Gasteiger partial charge in [0.1, 0.15) is 5.54 Å². The van der Waals surface area contributed by atoms with Gasteiger partial charge in [0.05, 0.1) is 21.1 Å². The van der Waals surface area contributed by atoms with Crippen molar-refractivity contribution in [1.82, 2.24) is 4.90 Å². The van der Waals surface area contributed by atoms with Gasteiger partial charge in [-0.3, -0.25) is 9.59 Å². The molecule has 0 fully saturated rings. The Kier molecular flexibility index (Phi) is 36.9. The van der Waals surface area contributed by atoms with Crippen molar-refractivity contribution in [2.75, 3.05) is 34.2 Å². The molecule has 0 spiro atoms. The van der Waals surface area contributed by atoms with Crippen LogP contribution < -0.4 is 12.4 Å². The highest BCUT2D eigenvalue weighted by Gasteiger charge is 2.46. The van der Waals surface area contributed by atoms with E-state index in [0.29, 0.717) is 23.9 Å². The summed E-state index contributed by atoms with van der Waals surface area (Å²) < 4.78 is 0.394. The van der Waals surface area contributed by atoms with E-state index in [1.165, 1.54) is 109 Å². The highest BCUT2D eigenvalue weighted by Crippen LogP contribution is 2.31. The van der Waals surface area contributed by atoms with Crippen molar-refractivity contribution in [3.05, 3.63) is 24.3 Å². The van der Waals surface area contributed by atoms with Crippen LogP contribution in [0.25, 0.3) is 0 Å². The first-order valence-electron chi connectivity index (χ1n) is 22.4. The molecule has 0 saturated carbocycles. The molecule has 7 nitrogen and oxygen atoms in total. The van der Waals surface area contributed by atoms with Crippen molar-refractivity contribution in [2.45, 2.75) is 218 Å². The second-order valence-corrected chi connectivity index (χ2v) is 16.8. The van der Waals surface area contributed by atoms with E-state index in [9.17, 15) is 24.6 Å². The van der Waals surface area contributed by atoms with E-state index in [0.717, 1.165) is 64.2 Å². The molecule has 0 aromatic heterocycles. The maximum Gasteiger partial charge on any atom is 0.329 e. The summed E-state index contributed by atoms with van der Waals surface area (Å²) in [4.78, 5) is 40.2. The van der Waals surface area contributed by atoms with Gasteiger partial charge in [-0.2, -0.15) is 0 Å². The van der Waals surface area contributed by atoms with Crippen molar-refractivity contribution in [3.63, 3.8) is 0 Å². The Morgan fingerprint density at radius 3 is 1.22 bits per heavy atom. The summed E-state index contributed by atoms with van der Waals surface area (Å²) in [6, 6.07) is 0. The molecule has 0 aromatic rings. The van der Waals surface area contributed by atoms with Crippen LogP contribution in [0.1, 0.15) is 213 Å². The molecule has 0 aliphatic rings. The zero-order valence-electron chi connectivity index (χ0n) is 36.0. The van der Waals surface area contributed by atoms with Crippen LogP contribution in [0.5, 0.6) is 0 Å². The minimum Gasteiger partial charge on any atom is -1.00 e. The molecular formula is C46H87ClN2O5. The molecule has 0 saturated heterocycles. The summed E-state index contributed by atoms with van der Waals surface area (Å²) >= 11 is 0. The van der Waals surface area contributed by atoms with Crippen LogP contribution in [-0.2, 0) is 14.4 Å². The number of unbranched alkanes of at least 4 members (excludes halogenated alkanes) is 24. The number of likely N-dealkylation sites (N-methyl/N-ethyl adjacent to an activating group) is 1. The summed E-state index contributed by atoms with van der Waals surface area (Å²) in [6.45, 7) is 5.05. The lowest BCUT2D eigenvalue weighted by atomic mass is 9.84. The monoisotopic (exact) mass is 783 g/mol. The summed E-state index contributed by atoms with van der Waals surface area (Å²) in [5.41, 5.74) is -1.49. The number of carboxylic acid groups (broad SMARTS) is 2. The van der Waals surface area contributed by atoms with Crippen LogP contribution in [0.15, 0.2) is 24.3 Å². The third kappa shape index (κ3) is 31.4. The number of quaternary nitrogens is 1. The van der Waals surface area contributed by atoms with Crippen LogP contribution in [-0.4, -0.2) is 77.2 Å². The zero-order chi connectivity index (χ0) is 39.5. The number of halogens is 1. The molecule has 0 aliphatic heterocycles. The fraction of sp³-hybridized carbons (Fsp3) is 0.848. The largest absolute Gasteiger partial charge is 1.00 e. The first-order valence-corrected chi connectivity index (χ1v) is 22.4. The Morgan fingerprint density at radius 2 is 0.870 bits per heavy atom. The molecule has 2 N–H and O–H groups in total. The van der Waals surface area contributed by atoms with E-state index < -0.39 is 17.5 Å². The lowest BCUT2D eigenvalue weighted by Gasteiger charge is -2.42. The van der Waals surface area contributed by atoms with E-state index in [4.69, 9.17) is 0 Å². The zero-order valence-corrected chi connectivity index (χ0v) is 36.8. The van der Waals surface area contributed by atoms with E-state index in [1.807, 2.05) is 21.1 Å². The van der Waals surface area contributed by atoms with Gasteiger partial charge in [0.25, 0.3) is 5.91 Å². The standard InChI is InChI=1S/C46H86N2O5.ClH/c1-6-8-10-12-14-16-18-20-22-24-26-28-30-32-34-36-39-46(45(52)53,40-38-44(50)51)47(43(49)42-48(3,4)5)41-37-35-33-31-29-27-25-23-21-19-17-15-13-11-9-7-2;/h20-23H,6-19,24-42H2,1-5H3,(H-,50,51,52,53);1H/b22-20-,23-21-;/t46-;/m1./s1. The van der Waals surface area contributed by atoms with Gasteiger partial charge >= 0.3 is 11.9 Å². The highest BCUT2D eigenvalue weighted by atomic mass is 35.5.